The van der Waals surface area contributed by atoms with Crippen LogP contribution in [0, 0.1) is 0 Å². The van der Waals surface area contributed by atoms with E-state index in [9.17, 15) is 0 Å². The third-order valence-electron chi connectivity index (χ3n) is 3.02. The van der Waals surface area contributed by atoms with E-state index in [-0.39, 0.29) is 0 Å². The largest absolute Gasteiger partial charge is 0.467 e. The molecule has 0 atom stereocenters. The Morgan fingerprint density at radius 2 is 1.86 bits per heavy atom. The minimum absolute atomic E-state index is 0.352. The Morgan fingerprint density at radius 1 is 1.10 bits per heavy atom. The molecule has 0 saturated carbocycles. The molecule has 7 heteroatoms. The molecule has 1 heterocycles. The molecule has 1 aromatic heterocycles. The monoisotopic (exact) mass is 296 g/mol. The third-order valence-corrected chi connectivity index (χ3v) is 3.02. The molecular weight excluding hydrogens is 268 g/mol. The second-order valence-corrected chi connectivity index (χ2v) is 5.11. The fourth-order valence-electron chi connectivity index (χ4n) is 1.87. The summed E-state index contributed by atoms with van der Waals surface area (Å²) in [5, 5.41) is 3.19. The summed E-state index contributed by atoms with van der Waals surface area (Å²) < 4.78 is 5.18. The number of hydrogen-bond donors (Lipinski definition) is 1. The van der Waals surface area contributed by atoms with Gasteiger partial charge in [0.1, 0.15) is 0 Å². The molecule has 0 saturated heterocycles. The van der Waals surface area contributed by atoms with Crippen molar-refractivity contribution in [2.45, 2.75) is 26.7 Å². The number of nitrogens with zero attached hydrogens (tertiary/aromatic N) is 5. The Labute approximate surface area is 127 Å². The first-order valence-electron chi connectivity index (χ1n) is 7.54. The van der Waals surface area contributed by atoms with Crippen LogP contribution in [0.4, 0.5) is 11.9 Å². The van der Waals surface area contributed by atoms with Gasteiger partial charge in [0.15, 0.2) is 0 Å². The fraction of sp³-hybridized carbons (Fsp3) is 0.786. The standard InChI is InChI=1S/C14H28N6O/c1-6-9-15-12-16-13(18-14(17-12)21-5)20(7-2)11-8-10-19(3)4/h6-11H2,1-5H3,(H,15,16,17,18). The molecule has 1 aromatic rings. The number of methoxy groups -OCH3 is 1. The summed E-state index contributed by atoms with van der Waals surface area (Å²) in [6, 6.07) is 0.352. The lowest BCUT2D eigenvalue weighted by Gasteiger charge is -2.22. The van der Waals surface area contributed by atoms with Crippen LogP contribution in [-0.4, -0.2) is 67.2 Å². The van der Waals surface area contributed by atoms with E-state index in [0.717, 1.165) is 39.0 Å². The first kappa shape index (κ1) is 17.4. The van der Waals surface area contributed by atoms with Gasteiger partial charge in [-0.3, -0.25) is 0 Å². The molecule has 1 N–H and O–H groups in total. The topological polar surface area (TPSA) is 66.4 Å². The fourth-order valence-corrected chi connectivity index (χ4v) is 1.87. The van der Waals surface area contributed by atoms with Crippen LogP contribution in [0.25, 0.3) is 0 Å². The lowest BCUT2D eigenvalue weighted by Crippen LogP contribution is -2.29. The maximum Gasteiger partial charge on any atom is 0.322 e. The van der Waals surface area contributed by atoms with Crippen LogP contribution in [0.2, 0.25) is 0 Å². The molecule has 0 fully saturated rings. The van der Waals surface area contributed by atoms with Gasteiger partial charge in [-0.25, -0.2) is 0 Å². The lowest BCUT2D eigenvalue weighted by atomic mass is 10.3. The van der Waals surface area contributed by atoms with Gasteiger partial charge < -0.3 is 19.9 Å². The van der Waals surface area contributed by atoms with Gasteiger partial charge in [0.05, 0.1) is 7.11 Å². The molecule has 0 unspecified atom stereocenters. The molecular formula is C14H28N6O. The van der Waals surface area contributed by atoms with Crippen LogP contribution in [0.15, 0.2) is 0 Å². The second kappa shape index (κ2) is 9.33. The zero-order chi connectivity index (χ0) is 15.7. The summed E-state index contributed by atoms with van der Waals surface area (Å²) >= 11 is 0. The van der Waals surface area contributed by atoms with Gasteiger partial charge in [-0.2, -0.15) is 15.0 Å². The maximum atomic E-state index is 5.18. The van der Waals surface area contributed by atoms with E-state index >= 15 is 0 Å². The minimum atomic E-state index is 0.352. The van der Waals surface area contributed by atoms with Crippen LogP contribution >= 0.6 is 0 Å². The molecule has 21 heavy (non-hydrogen) atoms. The van der Waals surface area contributed by atoms with Gasteiger partial charge in [0.2, 0.25) is 11.9 Å². The van der Waals surface area contributed by atoms with Crippen LogP contribution in [0.1, 0.15) is 26.7 Å². The average molecular weight is 296 g/mol. The van der Waals surface area contributed by atoms with Crippen molar-refractivity contribution < 1.29 is 4.74 Å². The SMILES string of the molecule is CCCNc1nc(OC)nc(N(CC)CCCN(C)C)n1. The summed E-state index contributed by atoms with van der Waals surface area (Å²) in [5.74, 6) is 1.24. The van der Waals surface area contributed by atoms with E-state index < -0.39 is 0 Å². The molecule has 0 amide bonds. The number of aromatic nitrogens is 3. The van der Waals surface area contributed by atoms with Gasteiger partial charge in [0, 0.05) is 19.6 Å². The van der Waals surface area contributed by atoms with Crippen molar-refractivity contribution >= 4 is 11.9 Å². The Hall–Kier alpha value is -1.63. The van der Waals surface area contributed by atoms with Gasteiger partial charge in [-0.1, -0.05) is 6.92 Å². The average Bonchev–Trinajstić information content (AvgIpc) is 2.48. The third kappa shape index (κ3) is 6.12. The van der Waals surface area contributed by atoms with Crippen molar-refractivity contribution in [1.29, 1.82) is 0 Å². The van der Waals surface area contributed by atoms with E-state index in [1.54, 1.807) is 7.11 Å². The quantitative estimate of drug-likeness (QED) is 0.701. The number of rotatable bonds is 10. The summed E-state index contributed by atoms with van der Waals surface area (Å²) in [6.07, 6.45) is 2.08. The Morgan fingerprint density at radius 3 is 2.43 bits per heavy atom. The van der Waals surface area contributed by atoms with E-state index in [4.69, 9.17) is 4.74 Å². The summed E-state index contributed by atoms with van der Waals surface area (Å²) in [7, 11) is 5.73. The molecule has 1 rings (SSSR count). The Kier molecular flexibility index (Phi) is 7.74. The summed E-state index contributed by atoms with van der Waals surface area (Å²) in [6.45, 7) is 7.85. The number of ether oxygens (including phenoxy) is 1. The maximum absolute atomic E-state index is 5.18. The molecule has 0 aliphatic heterocycles. The van der Waals surface area contributed by atoms with Crippen LogP contribution < -0.4 is 15.0 Å². The molecule has 7 nitrogen and oxygen atoms in total. The Bertz CT molecular complexity index is 412. The molecule has 120 valence electrons. The van der Waals surface area contributed by atoms with E-state index in [1.807, 2.05) is 0 Å². The van der Waals surface area contributed by atoms with Crippen LogP contribution in [0.5, 0.6) is 6.01 Å². The zero-order valence-electron chi connectivity index (χ0n) is 13.9. The van der Waals surface area contributed by atoms with E-state index in [0.29, 0.717) is 17.9 Å². The highest BCUT2D eigenvalue weighted by atomic mass is 16.5. The van der Waals surface area contributed by atoms with Crippen molar-refractivity contribution in [3.8, 4) is 6.01 Å². The molecule has 0 aliphatic rings. The number of nitrogens with one attached hydrogen (secondary N) is 1. The zero-order valence-corrected chi connectivity index (χ0v) is 13.9. The normalized spacial score (nSPS) is 10.8. The Balaban J connectivity index is 2.80. The highest BCUT2D eigenvalue weighted by Gasteiger charge is 2.12. The van der Waals surface area contributed by atoms with Gasteiger partial charge in [-0.15, -0.1) is 0 Å². The predicted octanol–water partition coefficient (Wildman–Crippen LogP) is 1.48. The lowest BCUT2D eigenvalue weighted by molar-refractivity contribution is 0.377. The minimum Gasteiger partial charge on any atom is -0.467 e. The first-order chi connectivity index (χ1) is 10.1. The molecule has 0 aliphatic carbocycles. The number of hydrogen-bond acceptors (Lipinski definition) is 7. The number of anilines is 2. The molecule has 0 spiro atoms. The van der Waals surface area contributed by atoms with Crippen molar-refractivity contribution in [2.24, 2.45) is 0 Å². The van der Waals surface area contributed by atoms with Gasteiger partial charge >= 0.3 is 6.01 Å². The molecule has 0 radical (unpaired) electrons. The van der Waals surface area contributed by atoms with Crippen molar-refractivity contribution in [2.75, 3.05) is 57.6 Å². The highest BCUT2D eigenvalue weighted by molar-refractivity contribution is 5.38. The van der Waals surface area contributed by atoms with Crippen molar-refractivity contribution in [3.63, 3.8) is 0 Å². The van der Waals surface area contributed by atoms with Gasteiger partial charge in [0.25, 0.3) is 0 Å². The summed E-state index contributed by atoms with van der Waals surface area (Å²) in [5.41, 5.74) is 0. The van der Waals surface area contributed by atoms with Gasteiger partial charge in [-0.05, 0) is 40.4 Å². The second-order valence-electron chi connectivity index (χ2n) is 5.11. The van der Waals surface area contributed by atoms with E-state index in [2.05, 4.69) is 58.0 Å². The van der Waals surface area contributed by atoms with E-state index in [1.165, 1.54) is 0 Å². The van der Waals surface area contributed by atoms with Crippen molar-refractivity contribution in [1.82, 2.24) is 19.9 Å². The van der Waals surface area contributed by atoms with Crippen LogP contribution in [0.3, 0.4) is 0 Å². The molecule has 0 bridgehead atoms. The van der Waals surface area contributed by atoms with Crippen LogP contribution in [-0.2, 0) is 0 Å². The highest BCUT2D eigenvalue weighted by Crippen LogP contribution is 2.15. The predicted molar refractivity (Wildman–Crippen MR) is 86.2 cm³/mol. The molecule has 0 aromatic carbocycles. The first-order valence-corrected chi connectivity index (χ1v) is 7.54. The summed E-state index contributed by atoms with van der Waals surface area (Å²) in [4.78, 5) is 17.4. The van der Waals surface area contributed by atoms with Crippen molar-refractivity contribution in [3.05, 3.63) is 0 Å². The smallest absolute Gasteiger partial charge is 0.322 e.